The molecule has 7 rings (SSSR count). The van der Waals surface area contributed by atoms with Crippen LogP contribution in [0.2, 0.25) is 0 Å². The van der Waals surface area contributed by atoms with Gasteiger partial charge in [-0.3, -0.25) is 0 Å². The zero-order valence-electron chi connectivity index (χ0n) is 30.4. The predicted molar refractivity (Wildman–Crippen MR) is 200 cm³/mol. The lowest BCUT2D eigenvalue weighted by molar-refractivity contribution is -0.137. The van der Waals surface area contributed by atoms with Crippen molar-refractivity contribution in [3.8, 4) is 23.0 Å². The molecular formula is C44H48F6N2O2. The molecule has 0 atom stereocenters. The third-order valence-corrected chi connectivity index (χ3v) is 12.0. The molecule has 4 N–H and O–H groups in total. The van der Waals surface area contributed by atoms with Gasteiger partial charge in [0, 0.05) is 16.8 Å². The van der Waals surface area contributed by atoms with E-state index in [0.717, 1.165) is 131 Å². The van der Waals surface area contributed by atoms with E-state index in [1.807, 2.05) is 12.1 Å². The lowest BCUT2D eigenvalue weighted by atomic mass is 9.64. The second-order valence-corrected chi connectivity index (χ2v) is 15.5. The summed E-state index contributed by atoms with van der Waals surface area (Å²) in [7, 11) is 0. The molecule has 3 aliphatic rings. The zero-order chi connectivity index (χ0) is 38.1. The van der Waals surface area contributed by atoms with Crippen LogP contribution in [0.15, 0.2) is 72.8 Å². The van der Waals surface area contributed by atoms with E-state index in [9.17, 15) is 26.3 Å². The number of halogens is 6. The summed E-state index contributed by atoms with van der Waals surface area (Å²) in [5, 5.41) is 0. The van der Waals surface area contributed by atoms with Crippen molar-refractivity contribution >= 4 is 11.4 Å². The lowest BCUT2D eigenvalue weighted by Crippen LogP contribution is -2.31. The van der Waals surface area contributed by atoms with E-state index < -0.39 is 23.5 Å². The molecule has 0 aliphatic heterocycles. The maximum atomic E-state index is 13.8. The van der Waals surface area contributed by atoms with Gasteiger partial charge in [-0.25, -0.2) is 0 Å². The molecule has 0 heterocycles. The molecule has 0 bridgehead atoms. The van der Waals surface area contributed by atoms with Crippen LogP contribution in [0.25, 0.3) is 0 Å². The molecule has 4 aromatic rings. The molecule has 10 heteroatoms. The van der Waals surface area contributed by atoms with E-state index in [-0.39, 0.29) is 40.1 Å². The summed E-state index contributed by atoms with van der Waals surface area (Å²) in [4.78, 5) is 0. The summed E-state index contributed by atoms with van der Waals surface area (Å²) in [5.41, 5.74) is 12.8. The molecule has 3 aliphatic carbocycles. The minimum Gasteiger partial charge on any atom is -0.457 e. The van der Waals surface area contributed by atoms with Gasteiger partial charge in [-0.15, -0.1) is 0 Å². The molecule has 0 unspecified atom stereocenters. The predicted octanol–water partition coefficient (Wildman–Crippen LogP) is 13.8. The smallest absolute Gasteiger partial charge is 0.418 e. The highest BCUT2D eigenvalue weighted by Crippen LogP contribution is 2.51. The van der Waals surface area contributed by atoms with E-state index in [4.69, 9.17) is 20.9 Å². The van der Waals surface area contributed by atoms with Crippen molar-refractivity contribution < 1.29 is 35.8 Å². The normalized spacial score (nSPS) is 18.7. The van der Waals surface area contributed by atoms with Crippen molar-refractivity contribution in [3.63, 3.8) is 0 Å². The summed E-state index contributed by atoms with van der Waals surface area (Å²) in [6, 6.07) is 19.9. The maximum Gasteiger partial charge on any atom is 0.418 e. The van der Waals surface area contributed by atoms with Gasteiger partial charge in [-0.05, 0) is 121 Å². The van der Waals surface area contributed by atoms with Gasteiger partial charge in [-0.1, -0.05) is 82.1 Å². The first-order valence-electron chi connectivity index (χ1n) is 19.4. The summed E-state index contributed by atoms with van der Waals surface area (Å²) >= 11 is 0. The number of anilines is 2. The molecule has 288 valence electrons. The number of rotatable bonds is 8. The highest BCUT2D eigenvalue weighted by Gasteiger charge is 2.39. The molecule has 3 saturated carbocycles. The zero-order valence-corrected chi connectivity index (χ0v) is 30.4. The van der Waals surface area contributed by atoms with Crippen LogP contribution >= 0.6 is 0 Å². The van der Waals surface area contributed by atoms with Gasteiger partial charge in [0.05, 0.1) is 11.1 Å². The molecule has 0 saturated heterocycles. The summed E-state index contributed by atoms with van der Waals surface area (Å²) < 4.78 is 95.2. The molecule has 0 amide bonds. The minimum absolute atomic E-state index is 0.0879. The fourth-order valence-corrected chi connectivity index (χ4v) is 9.19. The fraction of sp³-hybridized carbons (Fsp3) is 0.455. The molecule has 0 aromatic heterocycles. The van der Waals surface area contributed by atoms with Gasteiger partial charge in [0.25, 0.3) is 0 Å². The Labute approximate surface area is 313 Å². The Morgan fingerprint density at radius 3 is 1.26 bits per heavy atom. The average Bonchev–Trinajstić information content (AvgIpc) is 3.16. The second kappa shape index (κ2) is 15.4. The van der Waals surface area contributed by atoms with Crippen LogP contribution in [0.3, 0.4) is 0 Å². The lowest BCUT2D eigenvalue weighted by Gasteiger charge is -2.40. The number of alkyl halides is 6. The standard InChI is InChI=1S/C44H48F6N2O2/c45-43(46,47)36-26-32(16-18-38(36)51)53-40-20-14-30(24-34(40)28-10-4-1-5-11-28)42(22-8-3-9-23-42)31-15-21-41(35(25-31)29-12-6-2-7-13-29)54-33-17-19-39(52)37(27-33)44(48,49)50/h14-21,24-29H,1-13,22-23,51-52H2. The third-order valence-electron chi connectivity index (χ3n) is 12.0. The SMILES string of the molecule is Nc1ccc(Oc2ccc(C3(c4ccc(Oc5ccc(N)c(C(F)(F)F)c5)c(C5CCCCC5)c4)CCCCC3)cc2C2CCCCC2)cc1C(F)(F)F. The number of nitrogens with two attached hydrogens (primary N) is 2. The Kier molecular flexibility index (Phi) is 10.8. The summed E-state index contributed by atoms with van der Waals surface area (Å²) in [6.07, 6.45) is 6.29. The van der Waals surface area contributed by atoms with Crippen molar-refractivity contribution in [2.24, 2.45) is 0 Å². The van der Waals surface area contributed by atoms with Crippen LogP contribution in [-0.2, 0) is 17.8 Å². The first-order valence-corrected chi connectivity index (χ1v) is 19.4. The molecule has 4 aromatic carbocycles. The van der Waals surface area contributed by atoms with Crippen molar-refractivity contribution in [2.45, 2.75) is 126 Å². The topological polar surface area (TPSA) is 70.5 Å². The van der Waals surface area contributed by atoms with E-state index >= 15 is 0 Å². The van der Waals surface area contributed by atoms with Gasteiger partial charge in [0.15, 0.2) is 0 Å². The summed E-state index contributed by atoms with van der Waals surface area (Å²) in [5.74, 6) is 1.71. The molecule has 54 heavy (non-hydrogen) atoms. The molecular weight excluding hydrogens is 702 g/mol. The van der Waals surface area contributed by atoms with Crippen molar-refractivity contribution in [3.05, 3.63) is 106 Å². The van der Waals surface area contributed by atoms with Crippen LogP contribution in [0.5, 0.6) is 23.0 Å². The molecule has 0 spiro atoms. The van der Waals surface area contributed by atoms with Gasteiger partial charge in [0.1, 0.15) is 23.0 Å². The van der Waals surface area contributed by atoms with Gasteiger partial charge >= 0.3 is 12.4 Å². The van der Waals surface area contributed by atoms with E-state index in [1.165, 1.54) is 24.3 Å². The van der Waals surface area contributed by atoms with E-state index in [2.05, 4.69) is 24.3 Å². The van der Waals surface area contributed by atoms with Crippen LogP contribution < -0.4 is 20.9 Å². The first-order chi connectivity index (χ1) is 25.8. The number of hydrogen-bond donors (Lipinski definition) is 2. The Morgan fingerprint density at radius 2 is 0.870 bits per heavy atom. The Hall–Kier alpha value is -4.34. The quantitative estimate of drug-likeness (QED) is 0.139. The summed E-state index contributed by atoms with van der Waals surface area (Å²) in [6.45, 7) is 0. The minimum atomic E-state index is -4.61. The highest BCUT2D eigenvalue weighted by atomic mass is 19.4. The largest absolute Gasteiger partial charge is 0.457 e. The Morgan fingerprint density at radius 1 is 0.481 bits per heavy atom. The molecule has 0 radical (unpaired) electrons. The van der Waals surface area contributed by atoms with Crippen molar-refractivity contribution in [2.75, 3.05) is 11.5 Å². The van der Waals surface area contributed by atoms with Crippen LogP contribution in [0.1, 0.15) is 142 Å². The average molecular weight is 751 g/mol. The molecule has 3 fully saturated rings. The Bertz CT molecular complexity index is 1800. The van der Waals surface area contributed by atoms with Gasteiger partial charge < -0.3 is 20.9 Å². The number of hydrogen-bond acceptors (Lipinski definition) is 4. The molecule has 4 nitrogen and oxygen atoms in total. The second-order valence-electron chi connectivity index (χ2n) is 15.5. The number of ether oxygens (including phenoxy) is 2. The number of benzene rings is 4. The van der Waals surface area contributed by atoms with Crippen LogP contribution in [0, 0.1) is 0 Å². The van der Waals surface area contributed by atoms with Crippen LogP contribution in [-0.4, -0.2) is 0 Å². The first kappa shape index (κ1) is 38.0. The van der Waals surface area contributed by atoms with E-state index in [1.54, 1.807) is 0 Å². The van der Waals surface area contributed by atoms with Gasteiger partial charge in [0.2, 0.25) is 0 Å². The van der Waals surface area contributed by atoms with Crippen molar-refractivity contribution in [1.29, 1.82) is 0 Å². The number of nitrogen functional groups attached to an aromatic ring is 2. The van der Waals surface area contributed by atoms with Crippen LogP contribution in [0.4, 0.5) is 37.7 Å². The maximum absolute atomic E-state index is 13.8. The van der Waals surface area contributed by atoms with E-state index in [0.29, 0.717) is 11.5 Å². The fourth-order valence-electron chi connectivity index (χ4n) is 9.19. The highest BCUT2D eigenvalue weighted by molar-refractivity contribution is 5.56. The monoisotopic (exact) mass is 750 g/mol. The van der Waals surface area contributed by atoms with Gasteiger partial charge in [-0.2, -0.15) is 26.3 Å². The van der Waals surface area contributed by atoms with Crippen molar-refractivity contribution in [1.82, 2.24) is 0 Å². The Balaban J connectivity index is 1.30. The third kappa shape index (κ3) is 8.03.